The first-order chi connectivity index (χ1) is 25.7. The van der Waals surface area contributed by atoms with E-state index in [1.807, 2.05) is 72.8 Å². The quantitative estimate of drug-likeness (QED) is 0.104. The highest BCUT2D eigenvalue weighted by atomic mass is 16.5. The van der Waals surface area contributed by atoms with Crippen molar-refractivity contribution < 1.29 is 9.47 Å². The molecule has 7 rings (SSSR count). The molecule has 258 valence electrons. The largest absolute Gasteiger partial charge is 0.478 e. The van der Waals surface area contributed by atoms with Crippen LogP contribution in [0.3, 0.4) is 0 Å². The summed E-state index contributed by atoms with van der Waals surface area (Å²) in [6, 6.07) is 40.2. The molecule has 1 aromatic carbocycles. The van der Waals surface area contributed by atoms with E-state index < -0.39 is 0 Å². The Kier molecular flexibility index (Phi) is 10.9. The first-order valence-electron chi connectivity index (χ1n) is 17.8. The van der Waals surface area contributed by atoms with Crippen molar-refractivity contribution in [2.24, 2.45) is 0 Å². The predicted octanol–water partition coefficient (Wildman–Crippen LogP) is 10.4. The molecular weight excluding hydrogens is 645 g/mol. The molecular formula is C44H40N6O2. The van der Waals surface area contributed by atoms with Gasteiger partial charge in [0.25, 0.3) is 0 Å². The lowest BCUT2D eigenvalue weighted by atomic mass is 9.98. The van der Waals surface area contributed by atoms with E-state index in [1.165, 1.54) is 0 Å². The van der Waals surface area contributed by atoms with Crippen molar-refractivity contribution >= 4 is 0 Å². The highest BCUT2D eigenvalue weighted by molar-refractivity contribution is 5.79. The van der Waals surface area contributed by atoms with Crippen LogP contribution in [0.2, 0.25) is 0 Å². The van der Waals surface area contributed by atoms with E-state index in [2.05, 4.69) is 72.3 Å². The van der Waals surface area contributed by atoms with Crippen LogP contribution >= 0.6 is 0 Å². The van der Waals surface area contributed by atoms with E-state index in [-0.39, 0.29) is 0 Å². The summed E-state index contributed by atoms with van der Waals surface area (Å²) in [6.45, 7) is 5.55. The third-order valence-corrected chi connectivity index (χ3v) is 8.52. The van der Waals surface area contributed by atoms with Crippen LogP contribution in [0.4, 0.5) is 0 Å². The van der Waals surface area contributed by atoms with Gasteiger partial charge in [-0.05, 0) is 95.8 Å². The normalized spacial score (nSPS) is 11.0. The number of nitrogens with zero attached hydrogens (tertiary/aromatic N) is 6. The highest BCUT2D eigenvalue weighted by Gasteiger charge is 2.14. The Bertz CT molecular complexity index is 2070. The third-order valence-electron chi connectivity index (χ3n) is 8.52. The van der Waals surface area contributed by atoms with Crippen LogP contribution in [0, 0.1) is 0 Å². The van der Waals surface area contributed by atoms with Gasteiger partial charge in [-0.3, -0.25) is 9.97 Å². The van der Waals surface area contributed by atoms with Crippen LogP contribution in [0.5, 0.6) is 11.8 Å². The average Bonchev–Trinajstić information content (AvgIpc) is 3.22. The van der Waals surface area contributed by atoms with Crippen LogP contribution in [-0.4, -0.2) is 43.1 Å². The first kappa shape index (κ1) is 34.2. The third kappa shape index (κ3) is 8.36. The summed E-state index contributed by atoms with van der Waals surface area (Å²) in [5.74, 6) is 1.18. The van der Waals surface area contributed by atoms with Gasteiger partial charge in [-0.1, -0.05) is 75.2 Å². The topological polar surface area (TPSA) is 95.8 Å². The molecule has 6 aromatic heterocycles. The lowest BCUT2D eigenvalue weighted by Gasteiger charge is -2.12. The van der Waals surface area contributed by atoms with E-state index >= 15 is 0 Å². The van der Waals surface area contributed by atoms with Crippen LogP contribution in [-0.2, 0) is 0 Å². The maximum atomic E-state index is 5.92. The van der Waals surface area contributed by atoms with Crippen LogP contribution < -0.4 is 9.47 Å². The Labute approximate surface area is 304 Å². The lowest BCUT2D eigenvalue weighted by Crippen LogP contribution is -2.00. The summed E-state index contributed by atoms with van der Waals surface area (Å²) in [7, 11) is 0. The molecule has 0 amide bonds. The SMILES string of the molecule is CCCCOc1cccc(-c2cc(-c3ccc(-c4cc(-c5ccccn5)nc(-c5cccc(OCCCC)n5)c4)cc3)cc(-c3ccccn3)n2)n1. The zero-order chi connectivity index (χ0) is 35.5. The molecule has 0 spiro atoms. The molecule has 0 fully saturated rings. The van der Waals surface area contributed by atoms with E-state index in [9.17, 15) is 0 Å². The molecule has 0 aliphatic rings. The fourth-order valence-corrected chi connectivity index (χ4v) is 5.72. The average molecular weight is 685 g/mol. The molecule has 0 saturated carbocycles. The number of ether oxygens (including phenoxy) is 2. The van der Waals surface area contributed by atoms with Crippen LogP contribution in [0.15, 0.2) is 134 Å². The number of hydrogen-bond acceptors (Lipinski definition) is 8. The molecule has 0 atom stereocenters. The minimum absolute atomic E-state index is 0.592. The van der Waals surface area contributed by atoms with Crippen molar-refractivity contribution in [1.29, 1.82) is 0 Å². The molecule has 8 heteroatoms. The fourth-order valence-electron chi connectivity index (χ4n) is 5.72. The Morgan fingerprint density at radius 2 is 0.788 bits per heavy atom. The predicted molar refractivity (Wildman–Crippen MR) is 207 cm³/mol. The zero-order valence-corrected chi connectivity index (χ0v) is 29.4. The Morgan fingerprint density at radius 1 is 0.385 bits per heavy atom. The van der Waals surface area contributed by atoms with E-state index in [4.69, 9.17) is 29.4 Å². The van der Waals surface area contributed by atoms with Gasteiger partial charge in [-0.25, -0.2) is 19.9 Å². The molecule has 7 aromatic rings. The number of unbranched alkanes of at least 4 members (excludes halogenated alkanes) is 2. The van der Waals surface area contributed by atoms with E-state index in [0.29, 0.717) is 25.0 Å². The van der Waals surface area contributed by atoms with Crippen molar-refractivity contribution in [3.05, 3.63) is 134 Å². The summed E-state index contributed by atoms with van der Waals surface area (Å²) in [5, 5.41) is 0. The van der Waals surface area contributed by atoms with Crippen molar-refractivity contribution in [2.45, 2.75) is 39.5 Å². The number of hydrogen-bond donors (Lipinski definition) is 0. The zero-order valence-electron chi connectivity index (χ0n) is 29.4. The van der Waals surface area contributed by atoms with Crippen molar-refractivity contribution in [3.8, 4) is 79.6 Å². The minimum Gasteiger partial charge on any atom is -0.478 e. The van der Waals surface area contributed by atoms with Gasteiger partial charge >= 0.3 is 0 Å². The van der Waals surface area contributed by atoms with Gasteiger partial charge in [0.2, 0.25) is 11.8 Å². The van der Waals surface area contributed by atoms with Gasteiger partial charge in [0.05, 0.1) is 58.8 Å². The molecule has 6 heterocycles. The lowest BCUT2D eigenvalue weighted by molar-refractivity contribution is 0.298. The van der Waals surface area contributed by atoms with E-state index in [1.54, 1.807) is 12.4 Å². The van der Waals surface area contributed by atoms with Gasteiger partial charge < -0.3 is 9.47 Å². The Balaban J connectivity index is 1.26. The van der Waals surface area contributed by atoms with Gasteiger partial charge in [-0.15, -0.1) is 0 Å². The van der Waals surface area contributed by atoms with Crippen molar-refractivity contribution in [3.63, 3.8) is 0 Å². The second-order valence-electron chi connectivity index (χ2n) is 12.4. The Hall–Kier alpha value is -6.28. The second kappa shape index (κ2) is 16.6. The maximum Gasteiger partial charge on any atom is 0.213 e. The monoisotopic (exact) mass is 684 g/mol. The van der Waals surface area contributed by atoms with Gasteiger partial charge in [0.1, 0.15) is 0 Å². The molecule has 52 heavy (non-hydrogen) atoms. The molecule has 0 radical (unpaired) electrons. The minimum atomic E-state index is 0.592. The second-order valence-corrected chi connectivity index (χ2v) is 12.4. The molecule has 0 N–H and O–H groups in total. The summed E-state index contributed by atoms with van der Waals surface area (Å²) >= 11 is 0. The van der Waals surface area contributed by atoms with E-state index in [0.717, 1.165) is 93.5 Å². The number of rotatable bonds is 14. The van der Waals surface area contributed by atoms with Gasteiger partial charge in [0, 0.05) is 24.5 Å². The van der Waals surface area contributed by atoms with Gasteiger partial charge in [-0.2, -0.15) is 0 Å². The standard InChI is InChI=1S/C44H40N6O2/c1-3-5-25-51-43-17-11-15-37(49-43)41-29-33(27-39(47-41)35-13-7-9-23-45-35)31-19-21-32(22-20-31)34-28-40(36-14-8-10-24-46-36)48-42(30-34)38-16-12-18-44(50-38)52-26-6-4-2/h7-24,27-30H,3-6,25-26H2,1-2H3. The van der Waals surface area contributed by atoms with Gasteiger partial charge in [0.15, 0.2) is 0 Å². The number of aromatic nitrogens is 6. The van der Waals surface area contributed by atoms with Crippen molar-refractivity contribution in [2.75, 3.05) is 13.2 Å². The van der Waals surface area contributed by atoms with Crippen LogP contribution in [0.25, 0.3) is 67.8 Å². The molecule has 0 aliphatic carbocycles. The molecule has 0 bridgehead atoms. The smallest absolute Gasteiger partial charge is 0.213 e. The van der Waals surface area contributed by atoms with Crippen molar-refractivity contribution in [1.82, 2.24) is 29.9 Å². The highest BCUT2D eigenvalue weighted by Crippen LogP contribution is 2.33. The molecule has 0 saturated heterocycles. The first-order valence-corrected chi connectivity index (χ1v) is 17.8. The summed E-state index contributed by atoms with van der Waals surface area (Å²) < 4.78 is 11.8. The summed E-state index contributed by atoms with van der Waals surface area (Å²) in [4.78, 5) is 28.8. The Morgan fingerprint density at radius 3 is 1.17 bits per heavy atom. The molecule has 8 nitrogen and oxygen atoms in total. The summed E-state index contributed by atoms with van der Waals surface area (Å²) in [5.41, 5.74) is 10.2. The summed E-state index contributed by atoms with van der Waals surface area (Å²) in [6.07, 6.45) is 7.63. The molecule has 0 unspecified atom stereocenters. The molecule has 0 aliphatic heterocycles. The number of benzene rings is 1. The maximum absolute atomic E-state index is 5.92. The number of pyridine rings is 6. The van der Waals surface area contributed by atoms with Crippen LogP contribution in [0.1, 0.15) is 39.5 Å². The fraction of sp³-hybridized carbons (Fsp3) is 0.182.